The van der Waals surface area contributed by atoms with E-state index in [-0.39, 0.29) is 43.4 Å². The monoisotopic (exact) mass is 363 g/mol. The number of ether oxygens (including phenoxy) is 1. The zero-order chi connectivity index (χ0) is 15.1. The molecule has 0 bridgehead atoms. The Morgan fingerprint density at radius 2 is 1.87 bits per heavy atom. The van der Waals surface area contributed by atoms with Crippen LogP contribution in [0.5, 0.6) is 0 Å². The third kappa shape index (κ3) is 7.06. The Balaban J connectivity index is 0.00000242. The molecule has 1 fully saturated rings. The van der Waals surface area contributed by atoms with Crippen LogP contribution in [-0.2, 0) is 9.53 Å². The highest BCUT2D eigenvalue weighted by molar-refractivity contribution is 5.85. The molecule has 3 N–H and O–H groups in total. The van der Waals surface area contributed by atoms with Crippen LogP contribution >= 0.6 is 24.8 Å². The number of nitrogens with two attached hydrogens (primary N) is 1. The molecule has 0 aromatic heterocycles. The fourth-order valence-corrected chi connectivity index (χ4v) is 2.68. The minimum absolute atomic E-state index is 0. The number of rotatable bonds is 7. The quantitative estimate of drug-likeness (QED) is 0.774. The van der Waals surface area contributed by atoms with Gasteiger partial charge in [0.15, 0.2) is 0 Å². The first-order valence-electron chi connectivity index (χ1n) is 7.53. The van der Waals surface area contributed by atoms with E-state index in [4.69, 9.17) is 10.5 Å². The van der Waals surface area contributed by atoms with E-state index in [2.05, 4.69) is 10.2 Å². The minimum Gasteiger partial charge on any atom is -0.383 e. The first-order valence-corrected chi connectivity index (χ1v) is 7.53. The van der Waals surface area contributed by atoms with E-state index in [0.717, 1.165) is 25.2 Å². The Labute approximate surface area is 150 Å². The highest BCUT2D eigenvalue weighted by Gasteiger charge is 2.22. The summed E-state index contributed by atoms with van der Waals surface area (Å²) in [5.74, 6) is -0.162. The number of halogens is 2. The van der Waals surface area contributed by atoms with Crippen LogP contribution in [0.4, 0.5) is 0 Å². The number of hydrogen-bond acceptors (Lipinski definition) is 4. The van der Waals surface area contributed by atoms with Crippen LogP contribution in [0.1, 0.15) is 24.4 Å². The van der Waals surface area contributed by atoms with Crippen LogP contribution in [0.2, 0.25) is 0 Å². The normalized spacial score (nSPS) is 16.8. The fraction of sp³-hybridized carbons (Fsp3) is 0.562. The number of methoxy groups -OCH3 is 1. The van der Waals surface area contributed by atoms with Gasteiger partial charge >= 0.3 is 0 Å². The van der Waals surface area contributed by atoms with Gasteiger partial charge in [0, 0.05) is 13.7 Å². The van der Waals surface area contributed by atoms with Crippen molar-refractivity contribution >= 4 is 30.7 Å². The van der Waals surface area contributed by atoms with Gasteiger partial charge < -0.3 is 20.7 Å². The van der Waals surface area contributed by atoms with E-state index in [1.54, 1.807) is 7.11 Å². The lowest BCUT2D eigenvalue weighted by Gasteiger charge is -2.26. The lowest BCUT2D eigenvalue weighted by atomic mass is 10.1. The average molecular weight is 364 g/mol. The molecule has 0 aliphatic carbocycles. The third-order valence-electron chi connectivity index (χ3n) is 3.84. The molecular weight excluding hydrogens is 337 g/mol. The van der Waals surface area contributed by atoms with E-state index in [1.165, 1.54) is 12.8 Å². The molecular formula is C16H27Cl2N3O2. The second-order valence-electron chi connectivity index (χ2n) is 5.54. The molecule has 132 valence electrons. The molecule has 2 rings (SSSR count). The molecule has 1 aromatic carbocycles. The SMILES string of the molecule is COCC(N)C(=O)NC(CN1CCCC1)c1ccccc1.Cl.Cl. The standard InChI is InChI=1S/C16H25N3O2.2ClH/c1-21-12-14(17)16(20)18-15(11-19-9-5-6-10-19)13-7-3-2-4-8-13;;/h2-4,7-8,14-15H,5-6,9-12,17H2,1H3,(H,18,20);2*1H. The summed E-state index contributed by atoms with van der Waals surface area (Å²) in [7, 11) is 1.55. The zero-order valence-corrected chi connectivity index (χ0v) is 15.1. The summed E-state index contributed by atoms with van der Waals surface area (Å²) >= 11 is 0. The summed E-state index contributed by atoms with van der Waals surface area (Å²) in [6, 6.07) is 9.40. The van der Waals surface area contributed by atoms with Gasteiger partial charge in [0.25, 0.3) is 0 Å². The van der Waals surface area contributed by atoms with Gasteiger partial charge in [0.05, 0.1) is 12.6 Å². The number of hydrogen-bond donors (Lipinski definition) is 2. The summed E-state index contributed by atoms with van der Waals surface area (Å²) in [4.78, 5) is 14.5. The van der Waals surface area contributed by atoms with Crippen LogP contribution in [0.3, 0.4) is 0 Å². The van der Waals surface area contributed by atoms with Crippen molar-refractivity contribution in [2.24, 2.45) is 5.73 Å². The molecule has 23 heavy (non-hydrogen) atoms. The molecule has 5 nitrogen and oxygen atoms in total. The van der Waals surface area contributed by atoms with Gasteiger partial charge in [-0.25, -0.2) is 0 Å². The molecule has 0 radical (unpaired) electrons. The average Bonchev–Trinajstić information content (AvgIpc) is 3.00. The number of likely N-dealkylation sites (tertiary alicyclic amines) is 1. The second kappa shape index (κ2) is 11.6. The summed E-state index contributed by atoms with van der Waals surface area (Å²) in [6.45, 7) is 3.26. The fourth-order valence-electron chi connectivity index (χ4n) is 2.68. The lowest BCUT2D eigenvalue weighted by Crippen LogP contribution is -2.47. The summed E-state index contributed by atoms with van der Waals surface area (Å²) in [5.41, 5.74) is 6.92. The van der Waals surface area contributed by atoms with Crippen molar-refractivity contribution in [3.05, 3.63) is 35.9 Å². The maximum atomic E-state index is 12.2. The number of nitrogens with zero attached hydrogens (tertiary/aromatic N) is 1. The summed E-state index contributed by atoms with van der Waals surface area (Å²) in [5, 5.41) is 3.06. The van der Waals surface area contributed by atoms with Gasteiger partial charge in [0.2, 0.25) is 5.91 Å². The van der Waals surface area contributed by atoms with Crippen molar-refractivity contribution in [3.8, 4) is 0 Å². The molecule has 1 heterocycles. The Morgan fingerprint density at radius 3 is 2.43 bits per heavy atom. The largest absolute Gasteiger partial charge is 0.383 e. The molecule has 2 unspecified atom stereocenters. The minimum atomic E-state index is -0.625. The second-order valence-corrected chi connectivity index (χ2v) is 5.54. The molecule has 0 saturated carbocycles. The first-order chi connectivity index (χ1) is 10.2. The lowest BCUT2D eigenvalue weighted by molar-refractivity contribution is -0.124. The molecule has 1 aromatic rings. The van der Waals surface area contributed by atoms with E-state index in [9.17, 15) is 4.79 Å². The Bertz CT molecular complexity index is 442. The van der Waals surface area contributed by atoms with Crippen LogP contribution in [0, 0.1) is 0 Å². The molecule has 2 atom stereocenters. The van der Waals surface area contributed by atoms with Gasteiger partial charge in [0.1, 0.15) is 6.04 Å². The van der Waals surface area contributed by atoms with Crippen LogP contribution in [0.15, 0.2) is 30.3 Å². The first kappa shape index (κ1) is 22.1. The molecule has 1 aliphatic rings. The van der Waals surface area contributed by atoms with E-state index in [0.29, 0.717) is 0 Å². The molecule has 1 aliphatic heterocycles. The van der Waals surface area contributed by atoms with E-state index in [1.807, 2.05) is 30.3 Å². The van der Waals surface area contributed by atoms with Crippen LogP contribution in [0.25, 0.3) is 0 Å². The predicted octanol–water partition coefficient (Wildman–Crippen LogP) is 1.76. The van der Waals surface area contributed by atoms with Gasteiger partial charge in [-0.05, 0) is 31.5 Å². The number of amides is 1. The Kier molecular flexibility index (Phi) is 11.2. The van der Waals surface area contributed by atoms with Gasteiger partial charge in [-0.1, -0.05) is 30.3 Å². The number of nitrogens with one attached hydrogen (secondary N) is 1. The highest BCUT2D eigenvalue weighted by atomic mass is 35.5. The van der Waals surface area contributed by atoms with Gasteiger partial charge in [-0.15, -0.1) is 24.8 Å². The predicted molar refractivity (Wildman–Crippen MR) is 97.3 cm³/mol. The third-order valence-corrected chi connectivity index (χ3v) is 3.84. The molecule has 0 spiro atoms. The molecule has 1 saturated heterocycles. The smallest absolute Gasteiger partial charge is 0.239 e. The number of carbonyl (C=O) groups is 1. The van der Waals surface area contributed by atoms with E-state index < -0.39 is 6.04 Å². The van der Waals surface area contributed by atoms with Crippen molar-refractivity contribution in [1.82, 2.24) is 10.2 Å². The summed E-state index contributed by atoms with van der Waals surface area (Å²) in [6.07, 6.45) is 2.47. The van der Waals surface area contributed by atoms with Crippen LogP contribution < -0.4 is 11.1 Å². The zero-order valence-electron chi connectivity index (χ0n) is 13.4. The molecule has 7 heteroatoms. The maximum absolute atomic E-state index is 12.2. The highest BCUT2D eigenvalue weighted by Crippen LogP contribution is 2.17. The van der Waals surface area contributed by atoms with Crippen molar-refractivity contribution in [3.63, 3.8) is 0 Å². The van der Waals surface area contributed by atoms with Crippen molar-refractivity contribution in [1.29, 1.82) is 0 Å². The topological polar surface area (TPSA) is 67.6 Å². The Hall–Kier alpha value is -0.850. The van der Waals surface area contributed by atoms with Gasteiger partial charge in [-0.3, -0.25) is 4.79 Å². The van der Waals surface area contributed by atoms with Crippen LogP contribution in [-0.4, -0.2) is 50.2 Å². The van der Waals surface area contributed by atoms with Crippen molar-refractivity contribution in [2.75, 3.05) is 33.4 Å². The van der Waals surface area contributed by atoms with Crippen molar-refractivity contribution < 1.29 is 9.53 Å². The van der Waals surface area contributed by atoms with Crippen molar-refractivity contribution in [2.45, 2.75) is 24.9 Å². The Morgan fingerprint density at radius 1 is 1.26 bits per heavy atom. The molecule has 1 amide bonds. The van der Waals surface area contributed by atoms with Gasteiger partial charge in [-0.2, -0.15) is 0 Å². The maximum Gasteiger partial charge on any atom is 0.239 e. The summed E-state index contributed by atoms with van der Waals surface area (Å²) < 4.78 is 4.95. The number of benzene rings is 1. The number of carbonyl (C=O) groups excluding carboxylic acids is 1. The van der Waals surface area contributed by atoms with E-state index >= 15 is 0 Å².